The lowest BCUT2D eigenvalue weighted by Crippen LogP contribution is -2.13. The molecule has 0 amide bonds. The van der Waals surface area contributed by atoms with E-state index in [4.69, 9.17) is 0 Å². The predicted octanol–water partition coefficient (Wildman–Crippen LogP) is 4.79. The largest absolute Gasteiger partial charge is 0.304 e. The molecule has 0 saturated heterocycles. The van der Waals surface area contributed by atoms with Crippen LogP contribution in [0.5, 0.6) is 0 Å². The highest BCUT2D eigenvalue weighted by Crippen LogP contribution is 2.38. The number of rotatable bonds is 7. The SMILES string of the molecule is CC[C@@H]1CCc2sc(-c3nnc(SCC(=O)[C@H](C#N)c4nc(C)cs4)n3C)cc2C1. The lowest BCUT2D eigenvalue weighted by molar-refractivity contribution is -0.116. The Hall–Kier alpha value is -2.02. The van der Waals surface area contributed by atoms with Crippen LogP contribution in [0, 0.1) is 24.2 Å². The first-order valence-electron chi connectivity index (χ1n) is 9.98. The van der Waals surface area contributed by atoms with Crippen LogP contribution in [0.1, 0.15) is 46.8 Å². The van der Waals surface area contributed by atoms with Crippen LogP contribution in [0.2, 0.25) is 0 Å². The molecular formula is C21H23N5OS3. The molecule has 1 aliphatic carbocycles. The Morgan fingerprint density at radius 2 is 2.30 bits per heavy atom. The van der Waals surface area contributed by atoms with Gasteiger partial charge in [0.05, 0.1) is 16.7 Å². The number of thiazole rings is 1. The van der Waals surface area contributed by atoms with Crippen molar-refractivity contribution < 1.29 is 4.79 Å². The van der Waals surface area contributed by atoms with E-state index in [1.807, 2.05) is 35.3 Å². The monoisotopic (exact) mass is 457 g/mol. The number of thiophene rings is 1. The first-order chi connectivity index (χ1) is 14.5. The Morgan fingerprint density at radius 3 is 3.00 bits per heavy atom. The highest BCUT2D eigenvalue weighted by atomic mass is 32.2. The molecule has 0 aliphatic heterocycles. The number of aryl methyl sites for hydroxylation is 2. The van der Waals surface area contributed by atoms with Crippen molar-refractivity contribution in [1.82, 2.24) is 19.7 Å². The van der Waals surface area contributed by atoms with Crippen LogP contribution in [-0.4, -0.2) is 31.3 Å². The van der Waals surface area contributed by atoms with E-state index in [1.165, 1.54) is 46.4 Å². The molecule has 0 bridgehead atoms. The fraction of sp³-hybridized carbons (Fsp3) is 0.476. The van der Waals surface area contributed by atoms with Gasteiger partial charge in [0.1, 0.15) is 5.01 Å². The third kappa shape index (κ3) is 4.22. The van der Waals surface area contributed by atoms with Gasteiger partial charge in [-0.05, 0) is 43.7 Å². The summed E-state index contributed by atoms with van der Waals surface area (Å²) in [5.41, 5.74) is 2.29. The normalized spacial score (nSPS) is 16.8. The Balaban J connectivity index is 1.46. The summed E-state index contributed by atoms with van der Waals surface area (Å²) in [5, 5.41) is 21.2. The number of hydrogen-bond acceptors (Lipinski definition) is 8. The molecule has 2 atom stereocenters. The number of nitriles is 1. The first-order valence-corrected chi connectivity index (χ1v) is 12.7. The lowest BCUT2D eigenvalue weighted by atomic mass is 9.87. The maximum absolute atomic E-state index is 12.6. The smallest absolute Gasteiger partial charge is 0.191 e. The number of thioether (sulfide) groups is 1. The van der Waals surface area contributed by atoms with Crippen LogP contribution in [0.4, 0.5) is 0 Å². The lowest BCUT2D eigenvalue weighted by Gasteiger charge is -2.19. The molecule has 0 N–H and O–H groups in total. The Kier molecular flexibility index (Phi) is 6.37. The fourth-order valence-corrected chi connectivity index (χ4v) is 6.61. The molecule has 1 aliphatic rings. The quantitative estimate of drug-likeness (QED) is 0.474. The molecule has 0 spiro atoms. The van der Waals surface area contributed by atoms with Crippen molar-refractivity contribution in [3.63, 3.8) is 0 Å². The van der Waals surface area contributed by atoms with Crippen LogP contribution < -0.4 is 0 Å². The number of carbonyl (C=O) groups excluding carboxylic acids is 1. The molecule has 4 rings (SSSR count). The van der Waals surface area contributed by atoms with Crippen LogP contribution >= 0.6 is 34.4 Å². The molecule has 0 radical (unpaired) electrons. The third-order valence-corrected chi connectivity index (χ3v) is 8.80. The van der Waals surface area contributed by atoms with Crippen molar-refractivity contribution in [3.8, 4) is 16.8 Å². The number of carbonyl (C=O) groups is 1. The Bertz CT molecular complexity index is 1110. The predicted molar refractivity (Wildman–Crippen MR) is 121 cm³/mol. The van der Waals surface area contributed by atoms with Crippen molar-refractivity contribution >= 4 is 40.2 Å². The van der Waals surface area contributed by atoms with Gasteiger partial charge in [0.15, 0.2) is 22.7 Å². The molecule has 3 heterocycles. The molecule has 0 unspecified atom stereocenters. The number of ketones is 1. The van der Waals surface area contributed by atoms with E-state index in [1.54, 1.807) is 0 Å². The van der Waals surface area contributed by atoms with E-state index in [9.17, 15) is 10.1 Å². The number of hydrogen-bond donors (Lipinski definition) is 0. The molecular weight excluding hydrogens is 434 g/mol. The van der Waals surface area contributed by atoms with Gasteiger partial charge in [0.25, 0.3) is 0 Å². The summed E-state index contributed by atoms with van der Waals surface area (Å²) in [5.74, 6) is 0.816. The molecule has 0 saturated carbocycles. The third-order valence-electron chi connectivity index (χ3n) is 5.50. The average molecular weight is 458 g/mol. The van der Waals surface area contributed by atoms with Gasteiger partial charge in [-0.15, -0.1) is 32.9 Å². The van der Waals surface area contributed by atoms with Crippen LogP contribution in [0.25, 0.3) is 10.7 Å². The summed E-state index contributed by atoms with van der Waals surface area (Å²) >= 11 is 4.49. The fourth-order valence-electron chi connectivity index (χ4n) is 3.70. The molecule has 3 aromatic heterocycles. The summed E-state index contributed by atoms with van der Waals surface area (Å²) < 4.78 is 1.95. The number of nitrogens with zero attached hydrogens (tertiary/aromatic N) is 5. The van der Waals surface area contributed by atoms with Gasteiger partial charge in [-0.25, -0.2) is 4.98 Å². The zero-order valence-corrected chi connectivity index (χ0v) is 19.7. The summed E-state index contributed by atoms with van der Waals surface area (Å²) in [4.78, 5) is 19.5. The minimum Gasteiger partial charge on any atom is -0.304 e. The van der Waals surface area contributed by atoms with Gasteiger partial charge in [0.2, 0.25) is 0 Å². The van der Waals surface area contributed by atoms with Gasteiger partial charge in [0, 0.05) is 23.0 Å². The van der Waals surface area contributed by atoms with E-state index < -0.39 is 5.92 Å². The number of fused-ring (bicyclic) bond motifs is 1. The Morgan fingerprint density at radius 1 is 1.47 bits per heavy atom. The molecule has 30 heavy (non-hydrogen) atoms. The van der Waals surface area contributed by atoms with Gasteiger partial charge >= 0.3 is 0 Å². The summed E-state index contributed by atoms with van der Waals surface area (Å²) in [6.45, 7) is 4.13. The van der Waals surface area contributed by atoms with Crippen molar-refractivity contribution in [2.24, 2.45) is 13.0 Å². The number of Topliss-reactive ketones (excluding diaryl/α,β-unsaturated/α-hetero) is 1. The average Bonchev–Trinajstić information content (AvgIpc) is 3.44. The molecule has 9 heteroatoms. The Labute approximate surface area is 188 Å². The van der Waals surface area contributed by atoms with Crippen LogP contribution in [0.15, 0.2) is 16.6 Å². The van der Waals surface area contributed by atoms with Crippen molar-refractivity contribution in [2.75, 3.05) is 5.75 Å². The maximum Gasteiger partial charge on any atom is 0.191 e. The van der Waals surface area contributed by atoms with E-state index in [0.717, 1.165) is 35.2 Å². The highest BCUT2D eigenvalue weighted by Gasteiger charge is 2.25. The van der Waals surface area contributed by atoms with Crippen LogP contribution in [-0.2, 0) is 24.7 Å². The summed E-state index contributed by atoms with van der Waals surface area (Å²) in [7, 11) is 1.93. The second kappa shape index (κ2) is 9.00. The summed E-state index contributed by atoms with van der Waals surface area (Å²) in [6, 6.07) is 4.36. The molecule has 3 aromatic rings. The molecule has 0 fully saturated rings. The van der Waals surface area contributed by atoms with E-state index in [0.29, 0.717) is 10.2 Å². The standard InChI is InChI=1S/C21H23N5OS3/c1-4-13-5-6-17-14(7-13)8-18(30-17)19-24-25-21(26(19)3)29-11-16(27)15(9-22)20-23-12(2)10-28-20/h8,10,13,15H,4-7,11H2,1-3H3/t13-,15+/m1/s1. The second-order valence-corrected chi connectivity index (χ2v) is 10.6. The van der Waals surface area contributed by atoms with E-state index in [-0.39, 0.29) is 11.5 Å². The van der Waals surface area contributed by atoms with Crippen molar-refractivity contribution in [2.45, 2.75) is 50.6 Å². The molecule has 156 valence electrons. The van der Waals surface area contributed by atoms with E-state index >= 15 is 0 Å². The van der Waals surface area contributed by atoms with E-state index in [2.05, 4.69) is 34.2 Å². The number of aromatic nitrogens is 4. The van der Waals surface area contributed by atoms with Gasteiger partial charge in [-0.2, -0.15) is 5.26 Å². The topological polar surface area (TPSA) is 84.5 Å². The van der Waals surface area contributed by atoms with Gasteiger partial charge in [-0.1, -0.05) is 25.1 Å². The minimum absolute atomic E-state index is 0.154. The van der Waals surface area contributed by atoms with Crippen LogP contribution in [0.3, 0.4) is 0 Å². The second-order valence-electron chi connectivity index (χ2n) is 7.59. The van der Waals surface area contributed by atoms with Crippen molar-refractivity contribution in [1.29, 1.82) is 5.26 Å². The highest BCUT2D eigenvalue weighted by molar-refractivity contribution is 7.99. The van der Waals surface area contributed by atoms with Gasteiger partial charge < -0.3 is 4.57 Å². The zero-order chi connectivity index (χ0) is 21.3. The van der Waals surface area contributed by atoms with Crippen molar-refractivity contribution in [3.05, 3.63) is 32.6 Å². The van der Waals surface area contributed by atoms with Gasteiger partial charge in [-0.3, -0.25) is 4.79 Å². The summed E-state index contributed by atoms with van der Waals surface area (Å²) in [6.07, 6.45) is 4.80. The zero-order valence-electron chi connectivity index (χ0n) is 17.2. The molecule has 0 aromatic carbocycles. The molecule has 6 nitrogen and oxygen atoms in total. The first kappa shape index (κ1) is 21.2. The maximum atomic E-state index is 12.6. The minimum atomic E-state index is -0.820.